The third-order valence-electron chi connectivity index (χ3n) is 7.52. The van der Waals surface area contributed by atoms with Crippen LogP contribution in [-0.4, -0.2) is 59.4 Å². The van der Waals surface area contributed by atoms with Crippen molar-refractivity contribution in [3.8, 4) is 0 Å². The molecule has 1 atom stereocenters. The molecule has 2 amide bonds. The molecule has 9 heteroatoms. The molecule has 3 aromatic carbocycles. The lowest BCUT2D eigenvalue weighted by Crippen LogP contribution is -2.72. The SMILES string of the molecule is CCOC(=O)CN(Cc1ccc(Cl)cc1)C(=O)C1(COCc2ccccc2)CCN1C(=O)Cc1csc2ccccc12. The summed E-state index contributed by atoms with van der Waals surface area (Å²) in [7, 11) is 0. The van der Waals surface area contributed by atoms with Gasteiger partial charge in [0.2, 0.25) is 5.91 Å². The van der Waals surface area contributed by atoms with Crippen LogP contribution in [0, 0.1) is 0 Å². The van der Waals surface area contributed by atoms with Crippen LogP contribution in [0.4, 0.5) is 0 Å². The highest BCUT2D eigenvalue weighted by Crippen LogP contribution is 2.36. The molecule has 1 saturated heterocycles. The van der Waals surface area contributed by atoms with Crippen LogP contribution in [0.15, 0.2) is 84.2 Å². The molecule has 0 saturated carbocycles. The van der Waals surface area contributed by atoms with E-state index in [1.54, 1.807) is 35.3 Å². The minimum Gasteiger partial charge on any atom is -0.465 e. The number of hydrogen-bond donors (Lipinski definition) is 0. The molecule has 218 valence electrons. The molecule has 1 aliphatic heterocycles. The van der Waals surface area contributed by atoms with Crippen molar-refractivity contribution in [3.05, 3.63) is 106 Å². The molecule has 0 aliphatic carbocycles. The van der Waals surface area contributed by atoms with Gasteiger partial charge in [-0.05, 0) is 59.0 Å². The van der Waals surface area contributed by atoms with Gasteiger partial charge in [-0.15, -0.1) is 11.3 Å². The van der Waals surface area contributed by atoms with E-state index in [0.29, 0.717) is 24.6 Å². The Hall–Kier alpha value is -3.72. The lowest BCUT2D eigenvalue weighted by atomic mass is 9.82. The highest BCUT2D eigenvalue weighted by molar-refractivity contribution is 7.17. The summed E-state index contributed by atoms with van der Waals surface area (Å²) >= 11 is 7.68. The van der Waals surface area contributed by atoms with Crippen LogP contribution in [0.5, 0.6) is 0 Å². The van der Waals surface area contributed by atoms with Crippen LogP contribution < -0.4 is 0 Å². The zero-order chi connectivity index (χ0) is 29.5. The van der Waals surface area contributed by atoms with Gasteiger partial charge in [0.1, 0.15) is 12.1 Å². The minimum absolute atomic E-state index is 0.0107. The summed E-state index contributed by atoms with van der Waals surface area (Å²) in [5, 5.41) is 3.62. The molecule has 1 aromatic heterocycles. The maximum Gasteiger partial charge on any atom is 0.325 e. The molecule has 1 aliphatic rings. The number of carbonyl (C=O) groups excluding carboxylic acids is 3. The van der Waals surface area contributed by atoms with Crippen LogP contribution >= 0.6 is 22.9 Å². The minimum atomic E-state index is -1.24. The first-order valence-corrected chi connectivity index (χ1v) is 15.2. The van der Waals surface area contributed by atoms with E-state index in [2.05, 4.69) is 0 Å². The molecule has 4 aromatic rings. The summed E-state index contributed by atoms with van der Waals surface area (Å²) in [6.07, 6.45) is 0.601. The first-order chi connectivity index (χ1) is 20.4. The molecule has 0 bridgehead atoms. The van der Waals surface area contributed by atoms with Gasteiger partial charge in [0.05, 0.1) is 26.2 Å². The fourth-order valence-corrected chi connectivity index (χ4v) is 6.39. The van der Waals surface area contributed by atoms with Crippen molar-refractivity contribution in [2.24, 2.45) is 0 Å². The molecular weight excluding hydrogens is 572 g/mol. The molecule has 1 fully saturated rings. The number of rotatable bonds is 12. The predicted octanol–water partition coefficient (Wildman–Crippen LogP) is 5.88. The lowest BCUT2D eigenvalue weighted by molar-refractivity contribution is -0.175. The summed E-state index contributed by atoms with van der Waals surface area (Å²) in [4.78, 5) is 44.0. The third kappa shape index (κ3) is 6.67. The van der Waals surface area contributed by atoms with Crippen LogP contribution in [0.1, 0.15) is 30.0 Å². The van der Waals surface area contributed by atoms with Crippen LogP contribution in [0.25, 0.3) is 10.1 Å². The molecule has 0 spiro atoms. The van der Waals surface area contributed by atoms with Gasteiger partial charge in [0.25, 0.3) is 5.91 Å². The number of benzene rings is 3. The van der Waals surface area contributed by atoms with E-state index >= 15 is 0 Å². The largest absolute Gasteiger partial charge is 0.465 e. The van der Waals surface area contributed by atoms with Gasteiger partial charge in [-0.2, -0.15) is 0 Å². The molecular formula is C33H33ClN2O5S. The van der Waals surface area contributed by atoms with Crippen molar-refractivity contribution in [1.29, 1.82) is 0 Å². The second-order valence-electron chi connectivity index (χ2n) is 10.3. The van der Waals surface area contributed by atoms with E-state index in [-0.39, 0.29) is 44.5 Å². The Morgan fingerprint density at radius 3 is 2.43 bits per heavy atom. The van der Waals surface area contributed by atoms with Crippen LogP contribution in [0.2, 0.25) is 5.02 Å². The Balaban J connectivity index is 1.42. The van der Waals surface area contributed by atoms with Gasteiger partial charge in [-0.1, -0.05) is 72.3 Å². The number of ether oxygens (including phenoxy) is 2. The van der Waals surface area contributed by atoms with Gasteiger partial charge in [0, 0.05) is 22.8 Å². The van der Waals surface area contributed by atoms with Crippen molar-refractivity contribution >= 4 is 50.8 Å². The predicted molar refractivity (Wildman–Crippen MR) is 164 cm³/mol. The van der Waals surface area contributed by atoms with E-state index in [0.717, 1.165) is 26.8 Å². The van der Waals surface area contributed by atoms with Crippen molar-refractivity contribution in [2.75, 3.05) is 26.3 Å². The molecule has 5 rings (SSSR count). The Morgan fingerprint density at radius 2 is 1.71 bits per heavy atom. The van der Waals surface area contributed by atoms with Crippen molar-refractivity contribution in [1.82, 2.24) is 9.80 Å². The van der Waals surface area contributed by atoms with E-state index in [1.165, 1.54) is 4.90 Å². The van der Waals surface area contributed by atoms with Gasteiger partial charge in [0.15, 0.2) is 0 Å². The Labute approximate surface area is 254 Å². The Bertz CT molecular complexity index is 1540. The number of carbonyl (C=O) groups is 3. The highest BCUT2D eigenvalue weighted by atomic mass is 35.5. The molecule has 2 heterocycles. The second kappa shape index (κ2) is 13.5. The molecule has 1 unspecified atom stereocenters. The zero-order valence-electron chi connectivity index (χ0n) is 23.5. The standard InChI is InChI=1S/C33H33ClN2O5S/c1-2-41-31(38)20-35(19-24-12-14-27(34)15-13-24)32(39)33(23-40-21-25-8-4-3-5-9-25)16-17-36(33)30(37)18-26-22-42-29-11-7-6-10-28(26)29/h3-15,22H,2,16-21,23H2,1H3. The summed E-state index contributed by atoms with van der Waals surface area (Å²) < 4.78 is 12.4. The summed E-state index contributed by atoms with van der Waals surface area (Å²) in [5.74, 6) is -1.00. The summed E-state index contributed by atoms with van der Waals surface area (Å²) in [5.41, 5.74) is 1.46. The van der Waals surface area contributed by atoms with Gasteiger partial charge in [-0.3, -0.25) is 14.4 Å². The van der Waals surface area contributed by atoms with E-state index < -0.39 is 11.5 Å². The third-order valence-corrected chi connectivity index (χ3v) is 8.78. The van der Waals surface area contributed by atoms with Gasteiger partial charge in [-0.25, -0.2) is 0 Å². The van der Waals surface area contributed by atoms with Crippen LogP contribution in [0.3, 0.4) is 0 Å². The summed E-state index contributed by atoms with van der Waals surface area (Å²) in [6, 6.07) is 24.8. The number of hydrogen-bond acceptors (Lipinski definition) is 6. The Kier molecular flexibility index (Phi) is 9.57. The number of thiophene rings is 1. The fraction of sp³-hybridized carbons (Fsp3) is 0.303. The number of amides is 2. The topological polar surface area (TPSA) is 76.2 Å². The molecule has 7 nitrogen and oxygen atoms in total. The Morgan fingerprint density at radius 1 is 0.976 bits per heavy atom. The quantitative estimate of drug-likeness (QED) is 0.189. The van der Waals surface area contributed by atoms with E-state index in [9.17, 15) is 14.4 Å². The van der Waals surface area contributed by atoms with Crippen molar-refractivity contribution < 1.29 is 23.9 Å². The summed E-state index contributed by atoms with van der Waals surface area (Å²) in [6.45, 7) is 2.57. The van der Waals surface area contributed by atoms with E-state index in [4.69, 9.17) is 21.1 Å². The van der Waals surface area contributed by atoms with Crippen LogP contribution in [-0.2, 0) is 43.4 Å². The average Bonchev–Trinajstić information content (AvgIpc) is 3.38. The maximum absolute atomic E-state index is 14.5. The number of likely N-dealkylation sites (tertiary alicyclic amines) is 1. The highest BCUT2D eigenvalue weighted by Gasteiger charge is 2.55. The molecule has 0 radical (unpaired) electrons. The second-order valence-corrected chi connectivity index (χ2v) is 11.7. The maximum atomic E-state index is 14.5. The van der Waals surface area contributed by atoms with Gasteiger partial charge < -0.3 is 19.3 Å². The normalized spacial score (nSPS) is 16.2. The number of esters is 1. The van der Waals surface area contributed by atoms with E-state index in [1.807, 2.05) is 72.1 Å². The zero-order valence-corrected chi connectivity index (χ0v) is 25.0. The number of fused-ring (bicyclic) bond motifs is 1. The van der Waals surface area contributed by atoms with Gasteiger partial charge >= 0.3 is 5.97 Å². The monoisotopic (exact) mass is 604 g/mol. The molecule has 0 N–H and O–H groups in total. The first kappa shape index (κ1) is 29.8. The molecule has 42 heavy (non-hydrogen) atoms. The van der Waals surface area contributed by atoms with Crippen molar-refractivity contribution in [3.63, 3.8) is 0 Å². The number of nitrogens with zero attached hydrogens (tertiary/aromatic N) is 2. The smallest absolute Gasteiger partial charge is 0.325 e. The lowest BCUT2D eigenvalue weighted by Gasteiger charge is -2.52. The fourth-order valence-electron chi connectivity index (χ4n) is 5.30. The number of halogens is 1. The average molecular weight is 605 g/mol. The van der Waals surface area contributed by atoms with Crippen molar-refractivity contribution in [2.45, 2.75) is 38.5 Å². The first-order valence-electron chi connectivity index (χ1n) is 14.0.